The summed E-state index contributed by atoms with van der Waals surface area (Å²) in [6.07, 6.45) is 3.91. The van der Waals surface area contributed by atoms with Crippen LogP contribution in [0, 0.1) is 6.92 Å². The Morgan fingerprint density at radius 1 is 0.857 bits per heavy atom. The first-order chi connectivity index (χ1) is 13.5. The van der Waals surface area contributed by atoms with Gasteiger partial charge in [-0.1, -0.05) is 74.3 Å². The summed E-state index contributed by atoms with van der Waals surface area (Å²) in [5.41, 5.74) is 5.49. The number of anilines is 1. The van der Waals surface area contributed by atoms with Crippen LogP contribution in [0.15, 0.2) is 93.4 Å². The van der Waals surface area contributed by atoms with E-state index in [0.717, 1.165) is 37.0 Å². The fraction of sp³-hybridized carbons (Fsp3) is 0.0417. The third kappa shape index (κ3) is 3.75. The van der Waals surface area contributed by atoms with Crippen LogP contribution in [-0.4, -0.2) is 5.91 Å². The number of carbonyl (C=O) groups excluding carboxylic acids is 1. The second-order valence-electron chi connectivity index (χ2n) is 6.62. The molecule has 0 saturated heterocycles. The smallest absolute Gasteiger partial charge is 0.262 e. The van der Waals surface area contributed by atoms with Crippen molar-refractivity contribution in [3.63, 3.8) is 0 Å². The molecule has 1 aliphatic heterocycles. The van der Waals surface area contributed by atoms with E-state index in [1.807, 2.05) is 96.8 Å². The van der Waals surface area contributed by atoms with E-state index in [1.165, 1.54) is 0 Å². The van der Waals surface area contributed by atoms with Crippen molar-refractivity contribution >= 4 is 55.2 Å². The number of halogens is 2. The minimum Gasteiger partial charge on any atom is -0.276 e. The van der Waals surface area contributed by atoms with Crippen molar-refractivity contribution in [2.75, 3.05) is 4.90 Å². The molecule has 0 spiro atoms. The maximum Gasteiger partial charge on any atom is 0.262 e. The quantitative estimate of drug-likeness (QED) is 0.359. The molecule has 0 saturated carbocycles. The van der Waals surface area contributed by atoms with Crippen LogP contribution in [0.2, 0.25) is 0 Å². The fourth-order valence-corrected chi connectivity index (χ4v) is 4.02. The standard InChI is InChI=1S/C24H17Br2NO/c1-16-13-21(26)11-12-22(16)27-23(18-5-3-2-4-6-18)15-19(24(27)28)14-17-7-9-20(25)10-8-17/h2-15H,1H3/b19-14+. The van der Waals surface area contributed by atoms with Crippen molar-refractivity contribution < 1.29 is 4.79 Å². The van der Waals surface area contributed by atoms with E-state index in [4.69, 9.17) is 0 Å². The largest absolute Gasteiger partial charge is 0.276 e. The first kappa shape index (κ1) is 18.9. The highest BCUT2D eigenvalue weighted by Crippen LogP contribution is 2.37. The van der Waals surface area contributed by atoms with Gasteiger partial charge in [-0.15, -0.1) is 0 Å². The predicted octanol–water partition coefficient (Wildman–Crippen LogP) is 6.99. The van der Waals surface area contributed by atoms with E-state index in [9.17, 15) is 4.79 Å². The summed E-state index contributed by atoms with van der Waals surface area (Å²) < 4.78 is 2.01. The average molecular weight is 495 g/mol. The van der Waals surface area contributed by atoms with Gasteiger partial charge in [0.25, 0.3) is 5.91 Å². The molecule has 0 unspecified atom stereocenters. The summed E-state index contributed by atoms with van der Waals surface area (Å²) in [5, 5.41) is 0. The van der Waals surface area contributed by atoms with Crippen LogP contribution in [0.25, 0.3) is 11.8 Å². The topological polar surface area (TPSA) is 20.3 Å². The number of carbonyl (C=O) groups is 1. The van der Waals surface area contributed by atoms with Gasteiger partial charge in [-0.05, 0) is 66.1 Å². The van der Waals surface area contributed by atoms with E-state index in [2.05, 4.69) is 31.9 Å². The van der Waals surface area contributed by atoms with Gasteiger partial charge in [-0.3, -0.25) is 9.69 Å². The van der Waals surface area contributed by atoms with Gasteiger partial charge in [0.2, 0.25) is 0 Å². The molecule has 138 valence electrons. The Hall–Kier alpha value is -2.43. The van der Waals surface area contributed by atoms with E-state index in [0.29, 0.717) is 5.57 Å². The lowest BCUT2D eigenvalue weighted by Crippen LogP contribution is -2.25. The van der Waals surface area contributed by atoms with E-state index >= 15 is 0 Å². The molecule has 1 amide bonds. The highest BCUT2D eigenvalue weighted by Gasteiger charge is 2.31. The minimum absolute atomic E-state index is 0.0211. The summed E-state index contributed by atoms with van der Waals surface area (Å²) in [4.78, 5) is 15.2. The molecule has 2 nitrogen and oxygen atoms in total. The number of nitrogens with zero attached hydrogens (tertiary/aromatic N) is 1. The average Bonchev–Trinajstić information content (AvgIpc) is 3.01. The number of hydrogen-bond donors (Lipinski definition) is 0. The van der Waals surface area contributed by atoms with Gasteiger partial charge in [-0.2, -0.15) is 0 Å². The van der Waals surface area contributed by atoms with E-state index in [-0.39, 0.29) is 5.91 Å². The molecule has 1 aliphatic rings. The number of aryl methyl sites for hydroxylation is 1. The molecule has 3 aromatic rings. The Balaban J connectivity index is 1.84. The van der Waals surface area contributed by atoms with Crippen LogP contribution in [0.3, 0.4) is 0 Å². The van der Waals surface area contributed by atoms with Crippen molar-refractivity contribution in [3.05, 3.63) is 110 Å². The Morgan fingerprint density at radius 3 is 2.21 bits per heavy atom. The van der Waals surface area contributed by atoms with Crippen molar-refractivity contribution in [2.45, 2.75) is 6.92 Å². The van der Waals surface area contributed by atoms with Crippen molar-refractivity contribution in [2.24, 2.45) is 0 Å². The zero-order valence-electron chi connectivity index (χ0n) is 15.2. The van der Waals surface area contributed by atoms with Gasteiger partial charge in [0.15, 0.2) is 0 Å². The Morgan fingerprint density at radius 2 is 1.54 bits per heavy atom. The maximum absolute atomic E-state index is 13.4. The zero-order chi connectivity index (χ0) is 19.7. The molecule has 4 rings (SSSR count). The lowest BCUT2D eigenvalue weighted by Gasteiger charge is -2.23. The van der Waals surface area contributed by atoms with Gasteiger partial charge in [0.1, 0.15) is 0 Å². The molecular weight excluding hydrogens is 478 g/mol. The molecule has 3 aromatic carbocycles. The molecule has 0 bridgehead atoms. The molecule has 0 N–H and O–H groups in total. The monoisotopic (exact) mass is 493 g/mol. The highest BCUT2D eigenvalue weighted by atomic mass is 79.9. The summed E-state index contributed by atoms with van der Waals surface area (Å²) in [7, 11) is 0. The van der Waals surface area contributed by atoms with Gasteiger partial charge in [-0.25, -0.2) is 0 Å². The second-order valence-corrected chi connectivity index (χ2v) is 8.45. The molecule has 1 heterocycles. The van der Waals surface area contributed by atoms with Crippen molar-refractivity contribution in [1.82, 2.24) is 0 Å². The summed E-state index contributed by atoms with van der Waals surface area (Å²) >= 11 is 6.96. The predicted molar refractivity (Wildman–Crippen MR) is 123 cm³/mol. The first-order valence-corrected chi connectivity index (χ1v) is 10.5. The number of benzene rings is 3. The minimum atomic E-state index is -0.0211. The summed E-state index contributed by atoms with van der Waals surface area (Å²) in [6, 6.07) is 23.9. The Kier molecular flexibility index (Phi) is 5.33. The normalized spacial score (nSPS) is 15.2. The third-order valence-corrected chi connectivity index (χ3v) is 5.67. The third-order valence-electron chi connectivity index (χ3n) is 4.64. The summed E-state index contributed by atoms with van der Waals surface area (Å²) in [5.74, 6) is -0.0211. The van der Waals surface area contributed by atoms with Crippen LogP contribution >= 0.6 is 31.9 Å². The maximum atomic E-state index is 13.4. The van der Waals surface area contributed by atoms with Crippen molar-refractivity contribution in [3.8, 4) is 0 Å². The highest BCUT2D eigenvalue weighted by molar-refractivity contribution is 9.10. The molecule has 28 heavy (non-hydrogen) atoms. The molecule has 0 atom stereocenters. The lowest BCUT2D eigenvalue weighted by molar-refractivity contribution is -0.113. The van der Waals surface area contributed by atoms with E-state index in [1.54, 1.807) is 0 Å². The first-order valence-electron chi connectivity index (χ1n) is 8.88. The van der Waals surface area contributed by atoms with E-state index < -0.39 is 0 Å². The summed E-state index contributed by atoms with van der Waals surface area (Å²) in [6.45, 7) is 2.02. The van der Waals surface area contributed by atoms with Crippen LogP contribution in [0.4, 0.5) is 5.69 Å². The molecular formula is C24H17Br2NO. The van der Waals surface area contributed by atoms with Gasteiger partial charge < -0.3 is 0 Å². The Labute approximate surface area is 181 Å². The van der Waals surface area contributed by atoms with Crippen molar-refractivity contribution in [1.29, 1.82) is 0 Å². The second kappa shape index (κ2) is 7.90. The lowest BCUT2D eigenvalue weighted by atomic mass is 10.1. The number of amides is 1. The molecule has 0 fully saturated rings. The fourth-order valence-electron chi connectivity index (χ4n) is 3.28. The van der Waals surface area contributed by atoms with Gasteiger partial charge in [0, 0.05) is 14.5 Å². The molecule has 0 aromatic heterocycles. The SMILES string of the molecule is Cc1cc(Br)ccc1N1C(=O)/C(=C/c2ccc(Br)cc2)C=C1c1ccccc1. The van der Waals surface area contributed by atoms with Crippen LogP contribution < -0.4 is 4.90 Å². The van der Waals surface area contributed by atoms with Crippen LogP contribution in [-0.2, 0) is 4.79 Å². The van der Waals surface area contributed by atoms with Crippen LogP contribution in [0.5, 0.6) is 0 Å². The number of rotatable bonds is 3. The van der Waals surface area contributed by atoms with Crippen LogP contribution in [0.1, 0.15) is 16.7 Å². The number of hydrogen-bond acceptors (Lipinski definition) is 1. The van der Waals surface area contributed by atoms with Gasteiger partial charge >= 0.3 is 0 Å². The molecule has 0 radical (unpaired) electrons. The van der Waals surface area contributed by atoms with Gasteiger partial charge in [0.05, 0.1) is 11.4 Å². The zero-order valence-corrected chi connectivity index (χ0v) is 18.4. The molecule has 4 heteroatoms. The Bertz CT molecular complexity index is 1100. The molecule has 0 aliphatic carbocycles.